The molecular formula is C12H15Br3O. The Kier molecular flexibility index (Phi) is 6.55. The fraction of sp³-hybridized carbons (Fsp3) is 0.500. The lowest BCUT2D eigenvalue weighted by Crippen LogP contribution is -2.35. The van der Waals surface area contributed by atoms with Crippen LogP contribution in [-0.2, 0) is 10.2 Å². The zero-order valence-corrected chi connectivity index (χ0v) is 13.9. The lowest BCUT2D eigenvalue weighted by molar-refractivity contribution is 0.109. The highest BCUT2D eigenvalue weighted by Gasteiger charge is 2.30. The van der Waals surface area contributed by atoms with Gasteiger partial charge in [-0.2, -0.15) is 0 Å². The maximum Gasteiger partial charge on any atom is 0.0578 e. The summed E-state index contributed by atoms with van der Waals surface area (Å²) in [5.74, 6) is 0. The fourth-order valence-electron chi connectivity index (χ4n) is 1.45. The van der Waals surface area contributed by atoms with Gasteiger partial charge in [-0.3, -0.25) is 0 Å². The Morgan fingerprint density at radius 3 is 2.12 bits per heavy atom. The van der Waals surface area contributed by atoms with Crippen LogP contribution in [0.4, 0.5) is 0 Å². The molecule has 0 amide bonds. The molecule has 0 unspecified atom stereocenters. The predicted octanol–water partition coefficient (Wildman–Crippen LogP) is 4.51. The van der Waals surface area contributed by atoms with E-state index in [0.717, 1.165) is 28.3 Å². The van der Waals surface area contributed by atoms with E-state index in [1.807, 2.05) is 6.92 Å². The molecule has 1 aromatic rings. The average Bonchev–Trinajstić information content (AvgIpc) is 2.33. The van der Waals surface area contributed by atoms with Crippen LogP contribution in [0.1, 0.15) is 12.5 Å². The molecule has 0 atom stereocenters. The van der Waals surface area contributed by atoms with Gasteiger partial charge >= 0.3 is 0 Å². The summed E-state index contributed by atoms with van der Waals surface area (Å²) in [5.41, 5.74) is 1.30. The quantitative estimate of drug-likeness (QED) is 0.622. The number of rotatable bonds is 6. The summed E-state index contributed by atoms with van der Waals surface area (Å²) in [7, 11) is 0. The second-order valence-electron chi connectivity index (χ2n) is 3.69. The highest BCUT2D eigenvalue weighted by atomic mass is 79.9. The largest absolute Gasteiger partial charge is 0.381 e. The van der Waals surface area contributed by atoms with Crippen molar-refractivity contribution >= 4 is 47.8 Å². The van der Waals surface area contributed by atoms with Crippen molar-refractivity contribution in [2.75, 3.05) is 23.9 Å². The molecule has 0 heterocycles. The summed E-state index contributed by atoms with van der Waals surface area (Å²) in [6.45, 7) is 3.49. The van der Waals surface area contributed by atoms with Crippen molar-refractivity contribution < 1.29 is 4.74 Å². The van der Waals surface area contributed by atoms with Gasteiger partial charge in [-0.15, -0.1) is 0 Å². The minimum atomic E-state index is 0.0106. The van der Waals surface area contributed by atoms with Crippen LogP contribution in [0.3, 0.4) is 0 Å². The Hall–Kier alpha value is 0.620. The zero-order valence-electron chi connectivity index (χ0n) is 9.18. The van der Waals surface area contributed by atoms with Gasteiger partial charge in [0.05, 0.1) is 6.61 Å². The number of halogens is 3. The van der Waals surface area contributed by atoms with E-state index in [-0.39, 0.29) is 5.41 Å². The first-order valence-corrected chi connectivity index (χ1v) is 8.18. The van der Waals surface area contributed by atoms with Crippen LogP contribution in [0.5, 0.6) is 0 Å². The smallest absolute Gasteiger partial charge is 0.0578 e. The number of hydrogen-bond acceptors (Lipinski definition) is 1. The molecule has 0 N–H and O–H groups in total. The minimum absolute atomic E-state index is 0.0106. The fourth-order valence-corrected chi connectivity index (χ4v) is 3.62. The highest BCUT2D eigenvalue weighted by molar-refractivity contribution is 9.10. The molecule has 90 valence electrons. The van der Waals surface area contributed by atoms with Crippen LogP contribution in [0.2, 0.25) is 0 Å². The predicted molar refractivity (Wildman–Crippen MR) is 79.9 cm³/mol. The van der Waals surface area contributed by atoms with Crippen molar-refractivity contribution in [2.24, 2.45) is 0 Å². The Labute approximate surface area is 122 Å². The van der Waals surface area contributed by atoms with E-state index >= 15 is 0 Å². The van der Waals surface area contributed by atoms with Gasteiger partial charge in [-0.05, 0) is 24.6 Å². The van der Waals surface area contributed by atoms with Gasteiger partial charge in [0.1, 0.15) is 0 Å². The van der Waals surface area contributed by atoms with E-state index in [2.05, 4.69) is 72.1 Å². The van der Waals surface area contributed by atoms with E-state index in [1.165, 1.54) is 5.56 Å². The third-order valence-electron chi connectivity index (χ3n) is 2.55. The molecule has 0 saturated heterocycles. The number of ether oxygens (including phenoxy) is 1. The van der Waals surface area contributed by atoms with Crippen molar-refractivity contribution in [2.45, 2.75) is 12.3 Å². The molecule has 0 aliphatic rings. The molecule has 0 bridgehead atoms. The van der Waals surface area contributed by atoms with Gasteiger partial charge in [0.25, 0.3) is 0 Å². The SMILES string of the molecule is CCOCC(CBr)(CBr)c1ccc(Br)cc1. The Balaban J connectivity index is 2.95. The van der Waals surface area contributed by atoms with Crippen molar-refractivity contribution in [3.8, 4) is 0 Å². The molecule has 1 nitrogen and oxygen atoms in total. The van der Waals surface area contributed by atoms with Gasteiger partial charge in [-0.25, -0.2) is 0 Å². The molecule has 4 heteroatoms. The first kappa shape index (κ1) is 14.7. The highest BCUT2D eigenvalue weighted by Crippen LogP contribution is 2.30. The molecule has 0 spiro atoms. The maximum atomic E-state index is 5.59. The molecule has 0 fully saturated rings. The van der Waals surface area contributed by atoms with Crippen molar-refractivity contribution in [1.29, 1.82) is 0 Å². The maximum absolute atomic E-state index is 5.59. The Bertz CT molecular complexity index is 307. The summed E-state index contributed by atoms with van der Waals surface area (Å²) < 4.78 is 6.70. The molecule has 0 radical (unpaired) electrons. The third-order valence-corrected chi connectivity index (χ3v) is 5.23. The lowest BCUT2D eigenvalue weighted by atomic mass is 9.85. The second-order valence-corrected chi connectivity index (χ2v) is 5.73. The summed E-state index contributed by atoms with van der Waals surface area (Å²) in [6, 6.07) is 8.43. The summed E-state index contributed by atoms with van der Waals surface area (Å²) in [5, 5.41) is 1.76. The minimum Gasteiger partial charge on any atom is -0.381 e. The third kappa shape index (κ3) is 3.56. The van der Waals surface area contributed by atoms with Crippen molar-refractivity contribution in [3.63, 3.8) is 0 Å². The molecule has 1 aromatic carbocycles. The monoisotopic (exact) mass is 412 g/mol. The number of hydrogen-bond donors (Lipinski definition) is 0. The van der Waals surface area contributed by atoms with Gasteiger partial charge in [0.15, 0.2) is 0 Å². The standard InChI is InChI=1S/C12H15Br3O/c1-2-16-9-12(7-13,8-14)10-3-5-11(15)6-4-10/h3-6H,2,7-9H2,1H3. The molecule has 1 rings (SSSR count). The normalized spacial score (nSPS) is 11.8. The molecule has 0 saturated carbocycles. The van der Waals surface area contributed by atoms with Crippen LogP contribution in [0, 0.1) is 0 Å². The summed E-state index contributed by atoms with van der Waals surface area (Å²) in [4.78, 5) is 0. The van der Waals surface area contributed by atoms with E-state index in [9.17, 15) is 0 Å². The molecule has 0 aromatic heterocycles. The van der Waals surface area contributed by atoms with Crippen molar-refractivity contribution in [3.05, 3.63) is 34.3 Å². The Morgan fingerprint density at radius 1 is 1.12 bits per heavy atom. The molecule has 0 aliphatic heterocycles. The van der Waals surface area contributed by atoms with Crippen LogP contribution < -0.4 is 0 Å². The van der Waals surface area contributed by atoms with Crippen molar-refractivity contribution in [1.82, 2.24) is 0 Å². The lowest BCUT2D eigenvalue weighted by Gasteiger charge is -2.30. The molecule has 16 heavy (non-hydrogen) atoms. The summed E-state index contributed by atoms with van der Waals surface area (Å²) in [6.07, 6.45) is 0. The summed E-state index contributed by atoms with van der Waals surface area (Å²) >= 11 is 10.6. The number of benzene rings is 1. The van der Waals surface area contributed by atoms with Crippen LogP contribution in [0.25, 0.3) is 0 Å². The average molecular weight is 415 g/mol. The van der Waals surface area contributed by atoms with Gasteiger partial charge in [0.2, 0.25) is 0 Å². The first-order valence-electron chi connectivity index (χ1n) is 5.14. The number of alkyl halides is 2. The van der Waals surface area contributed by atoms with Crippen LogP contribution >= 0.6 is 47.8 Å². The van der Waals surface area contributed by atoms with E-state index in [1.54, 1.807) is 0 Å². The van der Waals surface area contributed by atoms with E-state index < -0.39 is 0 Å². The van der Waals surface area contributed by atoms with E-state index in [4.69, 9.17) is 4.74 Å². The topological polar surface area (TPSA) is 9.23 Å². The molecular weight excluding hydrogens is 400 g/mol. The van der Waals surface area contributed by atoms with E-state index in [0.29, 0.717) is 0 Å². The molecule has 0 aliphatic carbocycles. The van der Waals surface area contributed by atoms with Crippen LogP contribution in [0.15, 0.2) is 28.7 Å². The van der Waals surface area contributed by atoms with Crippen LogP contribution in [-0.4, -0.2) is 23.9 Å². The second kappa shape index (κ2) is 7.14. The van der Waals surface area contributed by atoms with Gasteiger partial charge < -0.3 is 4.74 Å². The first-order chi connectivity index (χ1) is 7.68. The van der Waals surface area contributed by atoms with Gasteiger partial charge in [-0.1, -0.05) is 59.9 Å². The zero-order chi connectivity index (χ0) is 12.0. The Morgan fingerprint density at radius 2 is 1.69 bits per heavy atom. The van der Waals surface area contributed by atoms with Gasteiger partial charge in [0, 0.05) is 27.2 Å².